The van der Waals surface area contributed by atoms with Crippen molar-refractivity contribution in [2.75, 3.05) is 13.1 Å². The SMILES string of the molecule is CCC1(C(=O)O)CCN(C(=O)c2ccc(O)cc2C)C1. The number of carboxylic acids is 1. The van der Waals surface area contributed by atoms with E-state index in [9.17, 15) is 19.8 Å². The quantitative estimate of drug-likeness (QED) is 0.886. The van der Waals surface area contributed by atoms with Crippen molar-refractivity contribution in [1.82, 2.24) is 4.90 Å². The molecule has 0 bridgehead atoms. The molecule has 0 saturated carbocycles. The van der Waals surface area contributed by atoms with Crippen LogP contribution in [0, 0.1) is 12.3 Å². The summed E-state index contributed by atoms with van der Waals surface area (Å²) < 4.78 is 0. The molecule has 20 heavy (non-hydrogen) atoms. The summed E-state index contributed by atoms with van der Waals surface area (Å²) in [5, 5.41) is 18.7. The van der Waals surface area contributed by atoms with Gasteiger partial charge in [0.05, 0.1) is 5.41 Å². The third-order valence-electron chi connectivity index (χ3n) is 4.21. The first-order valence-electron chi connectivity index (χ1n) is 6.72. The van der Waals surface area contributed by atoms with Crippen LogP contribution in [0.1, 0.15) is 35.7 Å². The second-order valence-corrected chi connectivity index (χ2v) is 5.41. The molecule has 1 aromatic carbocycles. The monoisotopic (exact) mass is 277 g/mol. The Bertz CT molecular complexity index is 555. The van der Waals surface area contributed by atoms with Crippen LogP contribution in [0.2, 0.25) is 0 Å². The number of benzene rings is 1. The van der Waals surface area contributed by atoms with E-state index in [0.29, 0.717) is 30.5 Å². The maximum atomic E-state index is 12.5. The van der Waals surface area contributed by atoms with E-state index in [0.717, 1.165) is 0 Å². The number of amides is 1. The van der Waals surface area contributed by atoms with E-state index in [4.69, 9.17) is 0 Å². The average Bonchev–Trinajstić information content (AvgIpc) is 2.83. The highest BCUT2D eigenvalue weighted by molar-refractivity contribution is 5.96. The van der Waals surface area contributed by atoms with Crippen molar-refractivity contribution in [3.8, 4) is 5.75 Å². The topological polar surface area (TPSA) is 77.8 Å². The number of aryl methyl sites for hydroxylation is 1. The van der Waals surface area contributed by atoms with E-state index in [2.05, 4.69) is 0 Å². The van der Waals surface area contributed by atoms with Gasteiger partial charge >= 0.3 is 5.97 Å². The molecule has 0 radical (unpaired) electrons. The van der Waals surface area contributed by atoms with E-state index in [1.165, 1.54) is 12.1 Å². The molecule has 1 aliphatic heterocycles. The van der Waals surface area contributed by atoms with Gasteiger partial charge in [-0.05, 0) is 43.5 Å². The summed E-state index contributed by atoms with van der Waals surface area (Å²) in [6, 6.07) is 4.59. The van der Waals surface area contributed by atoms with E-state index in [1.807, 2.05) is 6.92 Å². The van der Waals surface area contributed by atoms with Gasteiger partial charge in [0.1, 0.15) is 5.75 Å². The second-order valence-electron chi connectivity index (χ2n) is 5.41. The molecule has 2 rings (SSSR count). The first kappa shape index (κ1) is 14.4. The lowest BCUT2D eigenvalue weighted by molar-refractivity contribution is -0.148. The number of rotatable bonds is 3. The predicted octanol–water partition coefficient (Wildman–Crippen LogP) is 2.03. The Labute approximate surface area is 117 Å². The number of nitrogens with zero attached hydrogens (tertiary/aromatic N) is 1. The third-order valence-corrected chi connectivity index (χ3v) is 4.21. The molecule has 1 heterocycles. The maximum absolute atomic E-state index is 12.5. The van der Waals surface area contributed by atoms with Crippen LogP contribution < -0.4 is 0 Å². The molecule has 108 valence electrons. The van der Waals surface area contributed by atoms with Crippen molar-refractivity contribution in [2.24, 2.45) is 5.41 Å². The highest BCUT2D eigenvalue weighted by atomic mass is 16.4. The number of aromatic hydroxyl groups is 1. The minimum Gasteiger partial charge on any atom is -0.508 e. The smallest absolute Gasteiger partial charge is 0.311 e. The van der Waals surface area contributed by atoms with Gasteiger partial charge in [0.15, 0.2) is 0 Å². The van der Waals surface area contributed by atoms with Gasteiger partial charge in [-0.3, -0.25) is 9.59 Å². The first-order valence-corrected chi connectivity index (χ1v) is 6.72. The molecule has 1 fully saturated rings. The van der Waals surface area contributed by atoms with Gasteiger partial charge in [0.2, 0.25) is 0 Å². The van der Waals surface area contributed by atoms with Crippen LogP contribution in [-0.4, -0.2) is 40.1 Å². The molecular formula is C15H19NO4. The van der Waals surface area contributed by atoms with Gasteiger partial charge in [-0.1, -0.05) is 6.92 Å². The zero-order valence-electron chi connectivity index (χ0n) is 11.7. The Morgan fingerprint density at radius 3 is 2.60 bits per heavy atom. The van der Waals surface area contributed by atoms with Gasteiger partial charge in [-0.15, -0.1) is 0 Å². The van der Waals surface area contributed by atoms with Gasteiger partial charge in [0, 0.05) is 18.7 Å². The minimum absolute atomic E-state index is 0.119. The number of hydrogen-bond acceptors (Lipinski definition) is 3. The number of phenolic OH excluding ortho intramolecular Hbond substituents is 1. The molecule has 0 spiro atoms. The summed E-state index contributed by atoms with van der Waals surface area (Å²) in [4.78, 5) is 25.5. The first-order chi connectivity index (χ1) is 9.39. The van der Waals surface area contributed by atoms with Crippen LogP contribution in [0.4, 0.5) is 0 Å². The Hall–Kier alpha value is -2.04. The molecule has 5 heteroatoms. The highest BCUT2D eigenvalue weighted by Crippen LogP contribution is 2.35. The van der Waals surface area contributed by atoms with Gasteiger partial charge < -0.3 is 15.1 Å². The van der Waals surface area contributed by atoms with Gasteiger partial charge in [0.25, 0.3) is 5.91 Å². The van der Waals surface area contributed by atoms with Gasteiger partial charge in [-0.2, -0.15) is 0 Å². The number of aliphatic carboxylic acids is 1. The van der Waals surface area contributed by atoms with Crippen molar-refractivity contribution in [3.63, 3.8) is 0 Å². The van der Waals surface area contributed by atoms with Crippen LogP contribution in [0.5, 0.6) is 5.75 Å². The van der Waals surface area contributed by atoms with E-state index in [1.54, 1.807) is 17.9 Å². The fourth-order valence-electron chi connectivity index (χ4n) is 2.72. The van der Waals surface area contributed by atoms with Crippen LogP contribution in [0.15, 0.2) is 18.2 Å². The summed E-state index contributed by atoms with van der Waals surface area (Å²) in [7, 11) is 0. The fraction of sp³-hybridized carbons (Fsp3) is 0.467. The Balaban J connectivity index is 2.21. The fourth-order valence-corrected chi connectivity index (χ4v) is 2.72. The summed E-state index contributed by atoms with van der Waals surface area (Å²) in [5.41, 5.74) is 0.389. The molecule has 2 N–H and O–H groups in total. The summed E-state index contributed by atoms with van der Waals surface area (Å²) in [6.07, 6.45) is 1.00. The van der Waals surface area contributed by atoms with Crippen molar-refractivity contribution in [3.05, 3.63) is 29.3 Å². The largest absolute Gasteiger partial charge is 0.508 e. The molecule has 1 aromatic rings. The molecule has 1 saturated heterocycles. The van der Waals surface area contributed by atoms with Crippen molar-refractivity contribution in [2.45, 2.75) is 26.7 Å². The molecule has 1 atom stereocenters. The number of carbonyl (C=O) groups is 2. The number of hydrogen-bond donors (Lipinski definition) is 2. The molecular weight excluding hydrogens is 258 g/mol. The molecule has 1 aliphatic rings. The number of phenols is 1. The minimum atomic E-state index is -0.835. The van der Waals surface area contributed by atoms with E-state index >= 15 is 0 Å². The van der Waals surface area contributed by atoms with E-state index in [-0.39, 0.29) is 18.2 Å². The zero-order chi connectivity index (χ0) is 14.9. The molecule has 0 aliphatic carbocycles. The predicted molar refractivity (Wildman–Crippen MR) is 73.7 cm³/mol. The molecule has 1 unspecified atom stereocenters. The summed E-state index contributed by atoms with van der Waals surface area (Å²) in [6.45, 7) is 4.30. The number of carbonyl (C=O) groups excluding carboxylic acids is 1. The van der Waals surface area contributed by atoms with Crippen LogP contribution >= 0.6 is 0 Å². The third kappa shape index (κ3) is 2.35. The lowest BCUT2D eigenvalue weighted by Crippen LogP contribution is -2.36. The van der Waals surface area contributed by atoms with Crippen LogP contribution in [0.25, 0.3) is 0 Å². The maximum Gasteiger partial charge on any atom is 0.311 e. The lowest BCUT2D eigenvalue weighted by Gasteiger charge is -2.23. The lowest BCUT2D eigenvalue weighted by atomic mass is 9.84. The Kier molecular flexibility index (Phi) is 3.70. The molecule has 0 aromatic heterocycles. The summed E-state index contributed by atoms with van der Waals surface area (Å²) in [5.74, 6) is -0.884. The Morgan fingerprint density at radius 1 is 1.40 bits per heavy atom. The molecule has 1 amide bonds. The van der Waals surface area contributed by atoms with E-state index < -0.39 is 11.4 Å². The highest BCUT2D eigenvalue weighted by Gasteiger charge is 2.44. The standard InChI is InChI=1S/C15H19NO4/c1-3-15(14(19)20)6-7-16(9-15)13(18)12-5-4-11(17)8-10(12)2/h4-5,8,17H,3,6-7,9H2,1-2H3,(H,19,20). The van der Waals surface area contributed by atoms with Crippen molar-refractivity contribution >= 4 is 11.9 Å². The molecule has 5 nitrogen and oxygen atoms in total. The summed E-state index contributed by atoms with van der Waals surface area (Å²) >= 11 is 0. The number of likely N-dealkylation sites (tertiary alicyclic amines) is 1. The van der Waals surface area contributed by atoms with Crippen LogP contribution in [0.3, 0.4) is 0 Å². The van der Waals surface area contributed by atoms with Gasteiger partial charge in [-0.25, -0.2) is 0 Å². The number of carboxylic acid groups (broad SMARTS) is 1. The second kappa shape index (κ2) is 5.15. The zero-order valence-corrected chi connectivity index (χ0v) is 11.7. The van der Waals surface area contributed by atoms with Crippen molar-refractivity contribution < 1.29 is 19.8 Å². The van der Waals surface area contributed by atoms with Crippen molar-refractivity contribution in [1.29, 1.82) is 0 Å². The van der Waals surface area contributed by atoms with Crippen LogP contribution in [-0.2, 0) is 4.79 Å². The average molecular weight is 277 g/mol. The Morgan fingerprint density at radius 2 is 2.10 bits per heavy atom. The normalized spacial score (nSPS) is 22.0.